The molecule has 0 bridgehead atoms. The highest BCUT2D eigenvalue weighted by atomic mass is 16.3. The fourth-order valence-electron chi connectivity index (χ4n) is 1.02. The molecule has 0 spiro atoms. The van der Waals surface area contributed by atoms with Crippen LogP contribution < -0.4 is 5.32 Å². The lowest BCUT2D eigenvalue weighted by Gasteiger charge is -1.98. The molecule has 0 aliphatic rings. The third kappa shape index (κ3) is 3.14. The van der Waals surface area contributed by atoms with E-state index in [9.17, 15) is 4.79 Å². The summed E-state index contributed by atoms with van der Waals surface area (Å²) in [4.78, 5) is 10.9. The topological polar surface area (TPSA) is 80.0 Å². The van der Waals surface area contributed by atoms with Crippen molar-refractivity contribution >= 4 is 5.91 Å². The van der Waals surface area contributed by atoms with Crippen LogP contribution >= 0.6 is 0 Å². The Kier molecular flexibility index (Phi) is 4.06. The number of aryl methyl sites for hydroxylation is 1. The quantitative estimate of drug-likeness (QED) is 0.632. The summed E-state index contributed by atoms with van der Waals surface area (Å²) in [7, 11) is 1.60. The van der Waals surface area contributed by atoms with Crippen molar-refractivity contribution in [3.05, 3.63) is 11.9 Å². The molecule has 6 nitrogen and oxygen atoms in total. The van der Waals surface area contributed by atoms with Crippen LogP contribution in [-0.4, -0.2) is 39.7 Å². The molecule has 0 aromatic carbocycles. The SMILES string of the molecule is CNC(=O)CCn1cc(CCO)nn1. The van der Waals surface area contributed by atoms with Gasteiger partial charge in [-0.25, -0.2) is 0 Å². The van der Waals surface area contributed by atoms with E-state index in [1.165, 1.54) is 0 Å². The Morgan fingerprint density at radius 3 is 3.14 bits per heavy atom. The first kappa shape index (κ1) is 10.6. The zero-order valence-corrected chi connectivity index (χ0v) is 8.10. The number of amides is 1. The van der Waals surface area contributed by atoms with E-state index in [-0.39, 0.29) is 12.5 Å². The van der Waals surface area contributed by atoms with Gasteiger partial charge in [-0.05, 0) is 0 Å². The van der Waals surface area contributed by atoms with Crippen LogP contribution in [0, 0.1) is 0 Å². The van der Waals surface area contributed by atoms with Gasteiger partial charge in [0.2, 0.25) is 5.91 Å². The van der Waals surface area contributed by atoms with E-state index in [4.69, 9.17) is 5.11 Å². The number of rotatable bonds is 5. The summed E-state index contributed by atoms with van der Waals surface area (Å²) in [5.74, 6) is -0.0239. The van der Waals surface area contributed by atoms with Crippen LogP contribution in [-0.2, 0) is 17.8 Å². The number of aliphatic hydroxyl groups is 1. The lowest BCUT2D eigenvalue weighted by atomic mass is 10.3. The first-order valence-electron chi connectivity index (χ1n) is 4.46. The highest BCUT2D eigenvalue weighted by Gasteiger charge is 2.02. The van der Waals surface area contributed by atoms with E-state index < -0.39 is 0 Å². The van der Waals surface area contributed by atoms with Crippen LogP contribution in [0.2, 0.25) is 0 Å². The second-order valence-electron chi connectivity index (χ2n) is 2.87. The fourth-order valence-corrected chi connectivity index (χ4v) is 1.02. The standard InChI is InChI=1S/C8H14N4O2/c1-9-8(14)2-4-12-6-7(3-5-13)10-11-12/h6,13H,2-5H2,1H3,(H,9,14). The summed E-state index contributed by atoms with van der Waals surface area (Å²) in [5.41, 5.74) is 0.740. The van der Waals surface area contributed by atoms with Crippen LogP contribution in [0.3, 0.4) is 0 Å². The van der Waals surface area contributed by atoms with Gasteiger partial charge in [0.25, 0.3) is 0 Å². The molecule has 78 valence electrons. The monoisotopic (exact) mass is 198 g/mol. The lowest BCUT2D eigenvalue weighted by molar-refractivity contribution is -0.120. The molecule has 0 radical (unpaired) electrons. The fraction of sp³-hybridized carbons (Fsp3) is 0.625. The highest BCUT2D eigenvalue weighted by molar-refractivity contribution is 5.75. The van der Waals surface area contributed by atoms with Gasteiger partial charge in [-0.2, -0.15) is 0 Å². The van der Waals surface area contributed by atoms with Crippen molar-refractivity contribution in [2.45, 2.75) is 19.4 Å². The Morgan fingerprint density at radius 1 is 1.71 bits per heavy atom. The Balaban J connectivity index is 2.39. The van der Waals surface area contributed by atoms with Gasteiger partial charge in [0.05, 0.1) is 12.2 Å². The Bertz CT molecular complexity index is 297. The van der Waals surface area contributed by atoms with Crippen LogP contribution in [0.25, 0.3) is 0 Å². The van der Waals surface area contributed by atoms with Crippen molar-refractivity contribution in [1.29, 1.82) is 0 Å². The average molecular weight is 198 g/mol. The molecule has 0 aliphatic heterocycles. The Labute approximate surface area is 81.9 Å². The summed E-state index contributed by atoms with van der Waals surface area (Å²) >= 11 is 0. The molecular formula is C8H14N4O2. The van der Waals surface area contributed by atoms with E-state index in [1.807, 2.05) is 0 Å². The number of aliphatic hydroxyl groups excluding tert-OH is 1. The molecule has 1 amide bonds. The molecule has 0 atom stereocenters. The molecule has 2 N–H and O–H groups in total. The lowest BCUT2D eigenvalue weighted by Crippen LogP contribution is -2.19. The van der Waals surface area contributed by atoms with Crippen molar-refractivity contribution < 1.29 is 9.90 Å². The minimum Gasteiger partial charge on any atom is -0.396 e. The van der Waals surface area contributed by atoms with Gasteiger partial charge >= 0.3 is 0 Å². The smallest absolute Gasteiger partial charge is 0.221 e. The third-order valence-corrected chi connectivity index (χ3v) is 1.80. The summed E-state index contributed by atoms with van der Waals surface area (Å²) in [6.45, 7) is 0.576. The van der Waals surface area contributed by atoms with E-state index >= 15 is 0 Å². The molecular weight excluding hydrogens is 184 g/mol. The van der Waals surface area contributed by atoms with Gasteiger partial charge in [0.1, 0.15) is 0 Å². The predicted octanol–water partition coefficient (Wildman–Crippen LogP) is -1.05. The summed E-state index contributed by atoms with van der Waals surface area (Å²) in [6, 6.07) is 0. The average Bonchev–Trinajstić information content (AvgIpc) is 2.63. The predicted molar refractivity (Wildman–Crippen MR) is 49.5 cm³/mol. The largest absolute Gasteiger partial charge is 0.396 e. The molecule has 0 saturated carbocycles. The second kappa shape index (κ2) is 5.33. The Morgan fingerprint density at radius 2 is 2.50 bits per heavy atom. The number of nitrogens with one attached hydrogen (secondary N) is 1. The van der Waals surface area contributed by atoms with Crippen molar-refractivity contribution in [2.75, 3.05) is 13.7 Å². The summed E-state index contributed by atoms with van der Waals surface area (Å²) < 4.78 is 1.60. The van der Waals surface area contributed by atoms with E-state index in [2.05, 4.69) is 15.6 Å². The molecule has 0 saturated heterocycles. The molecule has 1 aromatic rings. The molecule has 14 heavy (non-hydrogen) atoms. The minimum absolute atomic E-state index is 0.0239. The molecule has 6 heteroatoms. The molecule has 0 unspecified atom stereocenters. The van der Waals surface area contributed by atoms with E-state index in [1.54, 1.807) is 17.9 Å². The Hall–Kier alpha value is -1.43. The van der Waals surface area contributed by atoms with Crippen molar-refractivity contribution in [3.8, 4) is 0 Å². The number of aromatic nitrogens is 3. The van der Waals surface area contributed by atoms with Gasteiger partial charge in [0, 0.05) is 32.7 Å². The second-order valence-corrected chi connectivity index (χ2v) is 2.87. The van der Waals surface area contributed by atoms with Gasteiger partial charge in [-0.15, -0.1) is 5.10 Å². The van der Waals surface area contributed by atoms with Crippen LogP contribution in [0.15, 0.2) is 6.20 Å². The molecule has 0 fully saturated rings. The molecule has 1 rings (SSSR count). The maximum absolute atomic E-state index is 10.9. The van der Waals surface area contributed by atoms with Crippen molar-refractivity contribution in [2.24, 2.45) is 0 Å². The molecule has 1 heterocycles. The maximum atomic E-state index is 10.9. The minimum atomic E-state index is -0.0239. The number of hydrogen-bond donors (Lipinski definition) is 2. The number of hydrogen-bond acceptors (Lipinski definition) is 4. The normalized spacial score (nSPS) is 10.1. The van der Waals surface area contributed by atoms with Crippen LogP contribution in [0.5, 0.6) is 0 Å². The molecule has 0 aliphatic carbocycles. The van der Waals surface area contributed by atoms with Gasteiger partial charge < -0.3 is 10.4 Å². The van der Waals surface area contributed by atoms with E-state index in [0.717, 1.165) is 5.69 Å². The first-order chi connectivity index (χ1) is 6.76. The van der Waals surface area contributed by atoms with E-state index in [0.29, 0.717) is 19.4 Å². The van der Waals surface area contributed by atoms with Crippen molar-refractivity contribution in [1.82, 2.24) is 20.3 Å². The summed E-state index contributed by atoms with van der Waals surface area (Å²) in [5, 5.41) is 18.8. The number of carbonyl (C=O) groups is 1. The van der Waals surface area contributed by atoms with Crippen LogP contribution in [0.1, 0.15) is 12.1 Å². The van der Waals surface area contributed by atoms with Crippen molar-refractivity contribution in [3.63, 3.8) is 0 Å². The zero-order valence-electron chi connectivity index (χ0n) is 8.10. The third-order valence-electron chi connectivity index (χ3n) is 1.80. The maximum Gasteiger partial charge on any atom is 0.221 e. The number of nitrogens with zero attached hydrogens (tertiary/aromatic N) is 3. The van der Waals surface area contributed by atoms with Gasteiger partial charge in [-0.1, -0.05) is 5.21 Å². The highest BCUT2D eigenvalue weighted by Crippen LogP contribution is 1.95. The number of carbonyl (C=O) groups excluding carboxylic acids is 1. The van der Waals surface area contributed by atoms with Crippen LogP contribution in [0.4, 0.5) is 0 Å². The molecule has 1 aromatic heterocycles. The van der Waals surface area contributed by atoms with Gasteiger partial charge in [0.15, 0.2) is 0 Å². The zero-order chi connectivity index (χ0) is 10.4. The van der Waals surface area contributed by atoms with Gasteiger partial charge in [-0.3, -0.25) is 9.48 Å². The first-order valence-corrected chi connectivity index (χ1v) is 4.46. The summed E-state index contributed by atoms with van der Waals surface area (Å²) in [6.07, 6.45) is 2.62.